The van der Waals surface area contributed by atoms with Gasteiger partial charge >= 0.3 is 12.0 Å². The van der Waals surface area contributed by atoms with Crippen LogP contribution in [-0.2, 0) is 9.53 Å². The summed E-state index contributed by atoms with van der Waals surface area (Å²) in [7, 11) is 2.90. The van der Waals surface area contributed by atoms with Crippen molar-refractivity contribution < 1.29 is 24.2 Å². The molecule has 0 saturated carbocycles. The first-order chi connectivity index (χ1) is 15.5. The van der Waals surface area contributed by atoms with E-state index in [2.05, 4.69) is 15.5 Å². The second kappa shape index (κ2) is 9.32. The highest BCUT2D eigenvalue weighted by Crippen LogP contribution is 2.33. The standard InChI is InChI=1S/C24H27N3O5/c1-31-19-9-5-16(6-10-19)22-20(23(29)32-2)21(25-24(30)26-22)15-3-7-17(8-4-15)27-13-11-18(28)12-14-27/h3-10,18,21,28H,11-14H2,1-2H3,(H2,25,26,30). The number of esters is 1. The van der Waals surface area contributed by atoms with E-state index in [4.69, 9.17) is 9.47 Å². The molecule has 0 spiro atoms. The lowest BCUT2D eigenvalue weighted by Gasteiger charge is -2.32. The van der Waals surface area contributed by atoms with E-state index in [0.717, 1.165) is 37.2 Å². The summed E-state index contributed by atoms with van der Waals surface area (Å²) >= 11 is 0. The van der Waals surface area contributed by atoms with Crippen molar-refractivity contribution >= 4 is 23.4 Å². The number of hydrogen-bond donors (Lipinski definition) is 3. The molecule has 1 atom stereocenters. The van der Waals surface area contributed by atoms with Crippen LogP contribution >= 0.6 is 0 Å². The number of methoxy groups -OCH3 is 2. The van der Waals surface area contributed by atoms with Gasteiger partial charge in [-0.15, -0.1) is 0 Å². The van der Waals surface area contributed by atoms with Gasteiger partial charge in [0.15, 0.2) is 0 Å². The summed E-state index contributed by atoms with van der Waals surface area (Å²) < 4.78 is 10.3. The molecule has 4 rings (SSSR count). The molecule has 2 amide bonds. The number of amides is 2. The maximum atomic E-state index is 12.8. The average Bonchev–Trinajstić information content (AvgIpc) is 2.83. The number of urea groups is 1. The second-order valence-electron chi connectivity index (χ2n) is 7.85. The predicted molar refractivity (Wildman–Crippen MR) is 120 cm³/mol. The summed E-state index contributed by atoms with van der Waals surface area (Å²) in [5.41, 5.74) is 3.22. The van der Waals surface area contributed by atoms with Crippen LogP contribution in [0.25, 0.3) is 5.70 Å². The molecule has 1 saturated heterocycles. The molecule has 3 N–H and O–H groups in total. The van der Waals surface area contributed by atoms with Crippen LogP contribution in [0.5, 0.6) is 5.75 Å². The van der Waals surface area contributed by atoms with Gasteiger partial charge in [-0.3, -0.25) is 0 Å². The quantitative estimate of drug-likeness (QED) is 0.622. The van der Waals surface area contributed by atoms with Gasteiger partial charge in [0.05, 0.1) is 37.6 Å². The molecule has 0 radical (unpaired) electrons. The fraction of sp³-hybridized carbons (Fsp3) is 0.333. The Morgan fingerprint density at radius 1 is 1.03 bits per heavy atom. The topological polar surface area (TPSA) is 100 Å². The van der Waals surface area contributed by atoms with Crippen LogP contribution in [0.2, 0.25) is 0 Å². The summed E-state index contributed by atoms with van der Waals surface area (Å²) in [6, 6.07) is 13.8. The highest BCUT2D eigenvalue weighted by atomic mass is 16.5. The summed E-state index contributed by atoms with van der Waals surface area (Å²) in [5.74, 6) is 0.147. The van der Waals surface area contributed by atoms with Gasteiger partial charge in [0.1, 0.15) is 5.75 Å². The number of ether oxygens (including phenoxy) is 2. The molecule has 168 valence electrons. The molecule has 0 aliphatic carbocycles. The number of carbonyl (C=O) groups excluding carboxylic acids is 2. The molecule has 2 aliphatic rings. The number of hydrogen-bond acceptors (Lipinski definition) is 6. The molecular formula is C24H27N3O5. The van der Waals surface area contributed by atoms with E-state index in [1.165, 1.54) is 7.11 Å². The largest absolute Gasteiger partial charge is 0.497 e. The van der Waals surface area contributed by atoms with Crippen LogP contribution in [0.3, 0.4) is 0 Å². The summed E-state index contributed by atoms with van der Waals surface area (Å²) in [4.78, 5) is 27.5. The Bertz CT molecular complexity index is 1010. The maximum absolute atomic E-state index is 12.8. The molecule has 2 aromatic rings. The van der Waals surface area contributed by atoms with Gasteiger partial charge in [-0.2, -0.15) is 0 Å². The zero-order chi connectivity index (χ0) is 22.7. The first-order valence-corrected chi connectivity index (χ1v) is 10.6. The van der Waals surface area contributed by atoms with E-state index in [1.54, 1.807) is 31.4 Å². The van der Waals surface area contributed by atoms with Gasteiger partial charge in [0, 0.05) is 18.8 Å². The Hall–Kier alpha value is -3.52. The molecule has 2 heterocycles. The van der Waals surface area contributed by atoms with E-state index in [1.807, 2.05) is 24.3 Å². The minimum atomic E-state index is -0.662. The minimum Gasteiger partial charge on any atom is -0.497 e. The van der Waals surface area contributed by atoms with Crippen LogP contribution in [0.1, 0.15) is 30.0 Å². The number of nitrogens with zero attached hydrogens (tertiary/aromatic N) is 1. The van der Waals surface area contributed by atoms with Crippen LogP contribution in [0.15, 0.2) is 54.1 Å². The van der Waals surface area contributed by atoms with Crippen molar-refractivity contribution in [1.29, 1.82) is 0 Å². The lowest BCUT2D eigenvalue weighted by molar-refractivity contribution is -0.136. The summed E-state index contributed by atoms with van der Waals surface area (Å²) in [6.45, 7) is 1.58. The van der Waals surface area contributed by atoms with Crippen molar-refractivity contribution in [2.75, 3.05) is 32.2 Å². The van der Waals surface area contributed by atoms with Crippen molar-refractivity contribution in [1.82, 2.24) is 10.6 Å². The number of carbonyl (C=O) groups is 2. The lowest BCUT2D eigenvalue weighted by Crippen LogP contribution is -2.45. The van der Waals surface area contributed by atoms with E-state index in [9.17, 15) is 14.7 Å². The molecule has 2 aromatic carbocycles. The normalized spacial score (nSPS) is 19.3. The SMILES string of the molecule is COC(=O)C1=C(c2ccc(OC)cc2)NC(=O)NC1c1ccc(N2CCC(O)CC2)cc1. The Morgan fingerprint density at radius 2 is 1.69 bits per heavy atom. The monoisotopic (exact) mass is 437 g/mol. The highest BCUT2D eigenvalue weighted by Gasteiger charge is 2.34. The third-order valence-electron chi connectivity index (χ3n) is 5.91. The summed E-state index contributed by atoms with van der Waals surface area (Å²) in [5, 5.41) is 15.3. The zero-order valence-electron chi connectivity index (χ0n) is 18.1. The Balaban J connectivity index is 1.69. The van der Waals surface area contributed by atoms with Crippen molar-refractivity contribution in [3.8, 4) is 5.75 Å². The number of piperidine rings is 1. The molecule has 1 fully saturated rings. The maximum Gasteiger partial charge on any atom is 0.338 e. The average molecular weight is 437 g/mol. The van der Waals surface area contributed by atoms with Gasteiger partial charge in [-0.1, -0.05) is 12.1 Å². The second-order valence-corrected chi connectivity index (χ2v) is 7.85. The number of anilines is 1. The molecule has 0 aromatic heterocycles. The molecule has 32 heavy (non-hydrogen) atoms. The molecule has 1 unspecified atom stereocenters. The van der Waals surface area contributed by atoms with Crippen LogP contribution in [0, 0.1) is 0 Å². The van der Waals surface area contributed by atoms with E-state index < -0.39 is 18.0 Å². The summed E-state index contributed by atoms with van der Waals surface area (Å²) in [6.07, 6.45) is 1.25. The van der Waals surface area contributed by atoms with Gasteiger partial charge < -0.3 is 30.1 Å². The van der Waals surface area contributed by atoms with Gasteiger partial charge in [0.25, 0.3) is 0 Å². The van der Waals surface area contributed by atoms with Gasteiger partial charge in [-0.05, 0) is 60.4 Å². The zero-order valence-corrected chi connectivity index (χ0v) is 18.1. The van der Waals surface area contributed by atoms with Gasteiger partial charge in [-0.25, -0.2) is 9.59 Å². The minimum absolute atomic E-state index is 0.236. The third-order valence-corrected chi connectivity index (χ3v) is 5.91. The Labute approximate surface area is 186 Å². The van der Waals surface area contributed by atoms with Crippen molar-refractivity contribution in [3.05, 3.63) is 65.2 Å². The van der Waals surface area contributed by atoms with E-state index in [0.29, 0.717) is 22.6 Å². The predicted octanol–water partition coefficient (Wildman–Crippen LogP) is 2.59. The van der Waals surface area contributed by atoms with Crippen LogP contribution in [0.4, 0.5) is 10.5 Å². The Kier molecular flexibility index (Phi) is 6.32. The number of rotatable bonds is 5. The third kappa shape index (κ3) is 4.40. The first-order valence-electron chi connectivity index (χ1n) is 10.6. The van der Waals surface area contributed by atoms with Crippen LogP contribution in [-0.4, -0.2) is 50.5 Å². The number of aliphatic hydroxyl groups excluding tert-OH is 1. The smallest absolute Gasteiger partial charge is 0.338 e. The van der Waals surface area contributed by atoms with Gasteiger partial charge in [0.2, 0.25) is 0 Å². The lowest BCUT2D eigenvalue weighted by atomic mass is 9.92. The molecule has 8 nitrogen and oxygen atoms in total. The van der Waals surface area contributed by atoms with Crippen molar-refractivity contribution in [3.63, 3.8) is 0 Å². The van der Waals surface area contributed by atoms with Crippen LogP contribution < -0.4 is 20.3 Å². The number of nitrogens with one attached hydrogen (secondary N) is 2. The van der Waals surface area contributed by atoms with Crippen molar-refractivity contribution in [2.24, 2.45) is 0 Å². The Morgan fingerprint density at radius 3 is 2.28 bits per heavy atom. The molecule has 0 bridgehead atoms. The fourth-order valence-electron chi connectivity index (χ4n) is 4.13. The molecule has 8 heteroatoms. The molecule has 2 aliphatic heterocycles. The van der Waals surface area contributed by atoms with E-state index in [-0.39, 0.29) is 6.10 Å². The van der Waals surface area contributed by atoms with E-state index >= 15 is 0 Å². The first kappa shape index (κ1) is 21.7. The fourth-order valence-corrected chi connectivity index (χ4v) is 4.13. The molecular weight excluding hydrogens is 410 g/mol. The number of benzene rings is 2. The number of aliphatic hydroxyl groups is 1. The van der Waals surface area contributed by atoms with Crippen molar-refractivity contribution in [2.45, 2.75) is 25.0 Å². The highest BCUT2D eigenvalue weighted by molar-refractivity contribution is 6.04.